The summed E-state index contributed by atoms with van der Waals surface area (Å²) < 4.78 is 4.15. The molecule has 4 nitrogen and oxygen atoms in total. The predicted molar refractivity (Wildman–Crippen MR) is 50.6 cm³/mol. The fourth-order valence-corrected chi connectivity index (χ4v) is 0.0680. The minimum atomic E-state index is 0. The first kappa shape index (κ1) is 22.7. The third-order valence-electron chi connectivity index (χ3n) is 0.235. The van der Waals surface area contributed by atoms with Gasteiger partial charge in [0, 0.05) is 6.61 Å². The fraction of sp³-hybridized carbons (Fsp3) is 0.833. The first-order valence-corrected chi connectivity index (χ1v) is 4.09. The van der Waals surface area contributed by atoms with E-state index < -0.39 is 0 Å². The second kappa shape index (κ2) is 44.1. The third-order valence-corrected chi connectivity index (χ3v) is 0.235. The molecule has 0 aliphatic rings. The Morgan fingerprint density at radius 1 is 1.42 bits per heavy atom. The Bertz CT molecular complexity index is 52.8. The van der Waals surface area contributed by atoms with Crippen LogP contribution in [0.3, 0.4) is 0 Å². The Labute approximate surface area is 82.7 Å². The van der Waals surface area contributed by atoms with Gasteiger partial charge in [-0.3, -0.25) is 4.79 Å². The lowest BCUT2D eigenvalue weighted by Gasteiger charge is -1.79. The molecule has 0 aromatic heterocycles. The molecule has 78 valence electrons. The van der Waals surface area contributed by atoms with Crippen LogP contribution >= 0.6 is 23.2 Å². The van der Waals surface area contributed by atoms with Gasteiger partial charge >= 0.3 is 0 Å². The second-order valence-electron chi connectivity index (χ2n) is 0.969. The number of aliphatic hydroxyl groups excluding tert-OH is 1. The molecule has 0 atom stereocenters. The van der Waals surface area contributed by atoms with Crippen molar-refractivity contribution in [3.8, 4) is 0 Å². The summed E-state index contributed by atoms with van der Waals surface area (Å²) in [5.74, 6) is 0. The van der Waals surface area contributed by atoms with Crippen LogP contribution in [0, 0.1) is 0 Å². The SMILES string of the molecule is CCO.CCOC=O.ClCCl.O. The van der Waals surface area contributed by atoms with Gasteiger partial charge in [0.25, 0.3) is 6.47 Å². The van der Waals surface area contributed by atoms with E-state index in [-0.39, 0.29) is 17.4 Å². The standard InChI is InChI=1S/C3H6O2.C2H6O.CH2Cl2.H2O/c1-2-5-3-4;1-2-3;2-1-3;/h3H,2H2,1H3;3H,2H2,1H3;1H2;1H2. The Balaban J connectivity index is -0.0000000406. The van der Waals surface area contributed by atoms with Crippen molar-refractivity contribution in [3.63, 3.8) is 0 Å². The molecule has 12 heavy (non-hydrogen) atoms. The Hall–Kier alpha value is -0.0300. The summed E-state index contributed by atoms with van der Waals surface area (Å²) in [5.41, 5.74) is 0. The van der Waals surface area contributed by atoms with Crippen molar-refractivity contribution >= 4 is 29.7 Å². The van der Waals surface area contributed by atoms with E-state index in [0.29, 0.717) is 13.1 Å². The smallest absolute Gasteiger partial charge is 0.293 e. The number of ether oxygens (including phenoxy) is 1. The van der Waals surface area contributed by atoms with Gasteiger partial charge in [-0.2, -0.15) is 0 Å². The molecule has 0 aromatic rings. The first-order valence-electron chi connectivity index (χ1n) is 3.03. The largest absolute Gasteiger partial charge is 0.468 e. The lowest BCUT2D eigenvalue weighted by atomic mass is 10.9. The number of carbonyl (C=O) groups excluding carboxylic acids is 1. The van der Waals surface area contributed by atoms with Crippen molar-refractivity contribution in [1.29, 1.82) is 0 Å². The molecule has 0 amide bonds. The van der Waals surface area contributed by atoms with E-state index in [1.54, 1.807) is 13.8 Å². The predicted octanol–water partition coefficient (Wildman–Crippen LogP) is 0.775. The number of hydrogen-bond acceptors (Lipinski definition) is 3. The minimum absolute atomic E-state index is 0. The molecule has 0 aliphatic carbocycles. The highest BCUT2D eigenvalue weighted by atomic mass is 35.5. The topological polar surface area (TPSA) is 78.0 Å². The van der Waals surface area contributed by atoms with Gasteiger partial charge in [-0.15, -0.1) is 23.2 Å². The van der Waals surface area contributed by atoms with Crippen LogP contribution in [0.4, 0.5) is 0 Å². The number of carbonyl (C=O) groups is 1. The van der Waals surface area contributed by atoms with E-state index in [9.17, 15) is 4.79 Å². The minimum Gasteiger partial charge on any atom is -0.468 e. The summed E-state index contributed by atoms with van der Waals surface area (Å²) >= 11 is 9.53. The van der Waals surface area contributed by atoms with E-state index in [1.165, 1.54) is 0 Å². The molecule has 0 spiro atoms. The van der Waals surface area contributed by atoms with Crippen molar-refractivity contribution in [3.05, 3.63) is 0 Å². The van der Waals surface area contributed by atoms with E-state index in [0.717, 1.165) is 0 Å². The maximum absolute atomic E-state index is 9.18. The Morgan fingerprint density at radius 3 is 1.67 bits per heavy atom. The van der Waals surface area contributed by atoms with Gasteiger partial charge in [-0.25, -0.2) is 0 Å². The molecular weight excluding hydrogens is 207 g/mol. The summed E-state index contributed by atoms with van der Waals surface area (Å²) in [7, 11) is 0. The number of hydrogen-bond donors (Lipinski definition) is 1. The molecule has 0 aliphatic heterocycles. The molecule has 0 fully saturated rings. The van der Waals surface area contributed by atoms with Gasteiger partial charge in [0.1, 0.15) is 0 Å². The maximum atomic E-state index is 9.18. The van der Waals surface area contributed by atoms with E-state index >= 15 is 0 Å². The number of halogens is 2. The molecule has 0 radical (unpaired) electrons. The van der Waals surface area contributed by atoms with Crippen LogP contribution in [0.5, 0.6) is 0 Å². The molecule has 0 bridgehead atoms. The van der Waals surface area contributed by atoms with Crippen LogP contribution in [0.1, 0.15) is 13.8 Å². The van der Waals surface area contributed by atoms with Gasteiger partial charge < -0.3 is 15.3 Å². The van der Waals surface area contributed by atoms with Gasteiger partial charge in [0.2, 0.25) is 0 Å². The van der Waals surface area contributed by atoms with Gasteiger partial charge in [0.15, 0.2) is 0 Å². The summed E-state index contributed by atoms with van der Waals surface area (Å²) in [5, 5.41) is 7.76. The molecule has 0 saturated carbocycles. The molecular formula is C6H16Cl2O4. The van der Waals surface area contributed by atoms with E-state index in [4.69, 9.17) is 28.3 Å². The molecule has 0 rings (SSSR count). The maximum Gasteiger partial charge on any atom is 0.293 e. The quantitative estimate of drug-likeness (QED) is 0.554. The van der Waals surface area contributed by atoms with Crippen LogP contribution in [-0.4, -0.2) is 35.6 Å². The van der Waals surface area contributed by atoms with Crippen LogP contribution in [0.15, 0.2) is 0 Å². The highest BCUT2D eigenvalue weighted by molar-refractivity contribution is 6.40. The summed E-state index contributed by atoms with van der Waals surface area (Å²) in [6.45, 7) is 4.60. The molecule has 0 heterocycles. The number of rotatable bonds is 2. The molecule has 0 saturated heterocycles. The normalized spacial score (nSPS) is 5.75. The van der Waals surface area contributed by atoms with Crippen LogP contribution in [0.2, 0.25) is 0 Å². The van der Waals surface area contributed by atoms with Gasteiger partial charge in [0.05, 0.1) is 11.9 Å². The monoisotopic (exact) mass is 222 g/mol. The highest BCUT2D eigenvalue weighted by Crippen LogP contribution is 1.73. The zero-order chi connectivity index (χ0) is 9.54. The Morgan fingerprint density at radius 2 is 1.67 bits per heavy atom. The Kier molecular flexibility index (Phi) is 83.4. The zero-order valence-electron chi connectivity index (χ0n) is 7.22. The average molecular weight is 223 g/mol. The number of alkyl halides is 2. The fourth-order valence-electron chi connectivity index (χ4n) is 0.0680. The van der Waals surface area contributed by atoms with E-state index in [2.05, 4.69) is 4.74 Å². The summed E-state index contributed by atoms with van der Waals surface area (Å²) in [4.78, 5) is 9.18. The molecule has 0 unspecified atom stereocenters. The zero-order valence-corrected chi connectivity index (χ0v) is 8.73. The molecule has 6 heteroatoms. The van der Waals surface area contributed by atoms with Crippen LogP contribution in [0.25, 0.3) is 0 Å². The number of aliphatic hydroxyl groups is 1. The van der Waals surface area contributed by atoms with Gasteiger partial charge in [-0.05, 0) is 13.8 Å². The molecule has 3 N–H and O–H groups in total. The lowest BCUT2D eigenvalue weighted by Crippen LogP contribution is -1.80. The van der Waals surface area contributed by atoms with Crippen molar-refractivity contribution < 1.29 is 20.1 Å². The van der Waals surface area contributed by atoms with Crippen molar-refractivity contribution in [2.75, 3.05) is 18.6 Å². The van der Waals surface area contributed by atoms with Crippen molar-refractivity contribution in [1.82, 2.24) is 0 Å². The lowest BCUT2D eigenvalue weighted by molar-refractivity contribution is -0.128. The summed E-state index contributed by atoms with van der Waals surface area (Å²) in [6.07, 6.45) is 0. The van der Waals surface area contributed by atoms with Crippen LogP contribution in [-0.2, 0) is 9.53 Å². The molecule has 0 aromatic carbocycles. The highest BCUT2D eigenvalue weighted by Gasteiger charge is 1.60. The van der Waals surface area contributed by atoms with Gasteiger partial charge in [-0.1, -0.05) is 0 Å². The van der Waals surface area contributed by atoms with E-state index in [1.807, 2.05) is 0 Å². The van der Waals surface area contributed by atoms with Crippen molar-refractivity contribution in [2.24, 2.45) is 0 Å². The summed E-state index contributed by atoms with van der Waals surface area (Å²) in [6, 6.07) is 0. The third kappa shape index (κ3) is 207. The first-order chi connectivity index (χ1) is 5.24. The van der Waals surface area contributed by atoms with Crippen molar-refractivity contribution in [2.45, 2.75) is 13.8 Å². The van der Waals surface area contributed by atoms with Crippen LogP contribution < -0.4 is 0 Å². The second-order valence-corrected chi connectivity index (χ2v) is 1.78. The average Bonchev–Trinajstić information content (AvgIpc) is 1.92.